The molecule has 0 aromatic rings. The second kappa shape index (κ2) is 7.65. The van der Waals surface area contributed by atoms with Crippen LogP contribution < -0.4 is 0 Å². The molecule has 0 saturated carbocycles. The van der Waals surface area contributed by atoms with Crippen molar-refractivity contribution in [3.8, 4) is 0 Å². The first kappa shape index (κ1) is 13.3. The highest BCUT2D eigenvalue weighted by molar-refractivity contribution is 8.67. The largest absolute Gasteiger partial charge is 0.322 e. The maximum absolute atomic E-state index is 5.49. The van der Waals surface area contributed by atoms with Gasteiger partial charge in [-0.15, -0.1) is 11.8 Å². The summed E-state index contributed by atoms with van der Waals surface area (Å²) in [5.74, 6) is 1.58. The minimum absolute atomic E-state index is 0.629. The lowest BCUT2D eigenvalue weighted by molar-refractivity contribution is 0.303. The highest BCUT2D eigenvalue weighted by Crippen LogP contribution is 2.60. The monoisotopic (exact) mass is 246 g/mol. The molecular formula is C6H15O2PS3. The Bertz CT molecular complexity index is 144. The summed E-state index contributed by atoms with van der Waals surface area (Å²) < 4.78 is 10.9. The molecule has 0 amide bonds. The van der Waals surface area contributed by atoms with Crippen LogP contribution in [0.4, 0.5) is 0 Å². The number of hydrogen-bond donors (Lipinski definition) is 0. The van der Waals surface area contributed by atoms with Gasteiger partial charge in [-0.1, -0.05) is 18.3 Å². The van der Waals surface area contributed by atoms with E-state index >= 15 is 0 Å². The van der Waals surface area contributed by atoms with E-state index in [-0.39, 0.29) is 0 Å². The summed E-state index contributed by atoms with van der Waals surface area (Å²) in [4.78, 5) is 0. The van der Waals surface area contributed by atoms with Crippen LogP contribution in [0.1, 0.15) is 13.8 Å². The van der Waals surface area contributed by atoms with E-state index < -0.39 is 5.69 Å². The van der Waals surface area contributed by atoms with Crippen molar-refractivity contribution in [3.63, 3.8) is 0 Å². The predicted octanol–water partition coefficient (Wildman–Crippen LogP) is 3.34. The summed E-state index contributed by atoms with van der Waals surface area (Å²) in [6.45, 7) is 4.64. The quantitative estimate of drug-likeness (QED) is 0.505. The lowest BCUT2D eigenvalue weighted by Gasteiger charge is -2.19. The maximum atomic E-state index is 5.49. The zero-order chi connectivity index (χ0) is 9.45. The van der Waals surface area contributed by atoms with E-state index in [0.717, 1.165) is 5.75 Å². The molecule has 0 rings (SSSR count). The van der Waals surface area contributed by atoms with Gasteiger partial charge in [-0.25, -0.2) is 0 Å². The van der Waals surface area contributed by atoms with Crippen LogP contribution in [0.3, 0.4) is 0 Å². The Morgan fingerprint density at radius 2 is 2.00 bits per heavy atom. The lowest BCUT2D eigenvalue weighted by atomic mass is 10.9. The SMILES string of the molecule is CCOP(=S)(OCSC)SCC. The van der Waals surface area contributed by atoms with E-state index in [1.807, 2.05) is 13.2 Å². The molecule has 0 aromatic carbocycles. The Labute approximate surface area is 88.1 Å². The van der Waals surface area contributed by atoms with Crippen LogP contribution in [0.2, 0.25) is 0 Å². The normalized spacial score (nSPS) is 15.9. The molecule has 0 aliphatic rings. The predicted molar refractivity (Wildman–Crippen MR) is 63.5 cm³/mol. The molecule has 0 bridgehead atoms. The molecule has 0 aliphatic heterocycles. The Balaban J connectivity index is 3.90. The van der Waals surface area contributed by atoms with Gasteiger partial charge in [0.25, 0.3) is 0 Å². The third-order valence-corrected chi connectivity index (χ3v) is 6.96. The summed E-state index contributed by atoms with van der Waals surface area (Å²) in [5.41, 5.74) is -2.01. The zero-order valence-corrected chi connectivity index (χ0v) is 11.0. The number of hydrogen-bond acceptors (Lipinski definition) is 5. The zero-order valence-electron chi connectivity index (χ0n) is 7.61. The van der Waals surface area contributed by atoms with E-state index in [1.54, 1.807) is 23.1 Å². The van der Waals surface area contributed by atoms with Crippen molar-refractivity contribution in [2.45, 2.75) is 13.8 Å². The van der Waals surface area contributed by atoms with Crippen molar-refractivity contribution in [2.24, 2.45) is 0 Å². The van der Waals surface area contributed by atoms with Crippen LogP contribution in [-0.4, -0.2) is 24.6 Å². The van der Waals surface area contributed by atoms with Crippen molar-refractivity contribution in [3.05, 3.63) is 0 Å². The summed E-state index contributed by atoms with van der Waals surface area (Å²) in [5, 5.41) is 0. The molecule has 0 spiro atoms. The van der Waals surface area contributed by atoms with Gasteiger partial charge in [0.2, 0.25) is 5.69 Å². The van der Waals surface area contributed by atoms with Crippen molar-refractivity contribution in [1.82, 2.24) is 0 Å². The molecule has 12 heavy (non-hydrogen) atoms. The maximum Gasteiger partial charge on any atom is 0.248 e. The molecule has 0 saturated heterocycles. The van der Waals surface area contributed by atoms with Crippen LogP contribution in [0, 0.1) is 0 Å². The standard InChI is InChI=1S/C6H15O2PS3/c1-4-7-9(10,12-5-2)8-6-11-3/h4-6H2,1-3H3. The Morgan fingerprint density at radius 3 is 2.42 bits per heavy atom. The van der Waals surface area contributed by atoms with Gasteiger partial charge < -0.3 is 9.05 Å². The van der Waals surface area contributed by atoms with Gasteiger partial charge in [-0.2, -0.15) is 0 Å². The van der Waals surface area contributed by atoms with Crippen molar-refractivity contribution in [2.75, 3.05) is 24.6 Å². The lowest BCUT2D eigenvalue weighted by Crippen LogP contribution is -1.92. The fourth-order valence-electron chi connectivity index (χ4n) is 0.545. The minimum Gasteiger partial charge on any atom is -0.322 e. The van der Waals surface area contributed by atoms with Crippen LogP contribution in [0.15, 0.2) is 0 Å². The van der Waals surface area contributed by atoms with E-state index in [1.165, 1.54) is 0 Å². The molecular weight excluding hydrogens is 231 g/mol. The Hall–Kier alpha value is 1.27. The van der Waals surface area contributed by atoms with Crippen molar-refractivity contribution < 1.29 is 9.05 Å². The molecule has 0 fully saturated rings. The van der Waals surface area contributed by atoms with Crippen LogP contribution in [0.5, 0.6) is 0 Å². The summed E-state index contributed by atoms with van der Waals surface area (Å²) >= 11 is 8.52. The third kappa shape index (κ3) is 5.84. The molecule has 0 N–H and O–H groups in total. The fraction of sp³-hybridized carbons (Fsp3) is 1.00. The summed E-state index contributed by atoms with van der Waals surface area (Å²) in [6.07, 6.45) is 1.99. The first-order chi connectivity index (χ1) is 5.68. The topological polar surface area (TPSA) is 18.5 Å². The van der Waals surface area contributed by atoms with Gasteiger partial charge in [0.15, 0.2) is 0 Å². The van der Waals surface area contributed by atoms with Crippen LogP contribution >= 0.6 is 28.8 Å². The Kier molecular flexibility index (Phi) is 8.46. The van der Waals surface area contributed by atoms with Gasteiger partial charge in [0.05, 0.1) is 6.61 Å². The van der Waals surface area contributed by atoms with E-state index in [9.17, 15) is 0 Å². The molecule has 0 aromatic heterocycles. The Morgan fingerprint density at radius 1 is 1.33 bits per heavy atom. The second-order valence-corrected chi connectivity index (χ2v) is 9.23. The number of rotatable bonds is 7. The molecule has 6 heteroatoms. The van der Waals surface area contributed by atoms with Gasteiger partial charge in [0.1, 0.15) is 5.94 Å². The molecule has 0 aliphatic carbocycles. The van der Waals surface area contributed by atoms with E-state index in [2.05, 4.69) is 6.92 Å². The average molecular weight is 246 g/mol. The molecule has 2 nitrogen and oxygen atoms in total. The molecule has 1 atom stereocenters. The smallest absolute Gasteiger partial charge is 0.248 e. The van der Waals surface area contributed by atoms with E-state index in [0.29, 0.717) is 12.5 Å². The summed E-state index contributed by atoms with van der Waals surface area (Å²) in [7, 11) is 0. The van der Waals surface area contributed by atoms with Crippen LogP contribution in [0.25, 0.3) is 0 Å². The highest BCUT2D eigenvalue weighted by atomic mass is 32.9. The molecule has 74 valence electrons. The summed E-state index contributed by atoms with van der Waals surface area (Å²) in [6, 6.07) is 0. The van der Waals surface area contributed by atoms with Gasteiger partial charge in [-0.3, -0.25) is 0 Å². The third-order valence-electron chi connectivity index (χ3n) is 0.903. The molecule has 0 heterocycles. The van der Waals surface area contributed by atoms with Crippen LogP contribution in [-0.2, 0) is 20.9 Å². The van der Waals surface area contributed by atoms with Gasteiger partial charge in [-0.05, 0) is 30.7 Å². The first-order valence-electron chi connectivity index (χ1n) is 3.71. The number of thioether (sulfide) groups is 1. The average Bonchev–Trinajstić information content (AvgIpc) is 2.02. The molecule has 1 unspecified atom stereocenters. The van der Waals surface area contributed by atoms with E-state index in [4.69, 9.17) is 20.9 Å². The van der Waals surface area contributed by atoms with Gasteiger partial charge in [0, 0.05) is 0 Å². The van der Waals surface area contributed by atoms with Gasteiger partial charge >= 0.3 is 0 Å². The van der Waals surface area contributed by atoms with Crippen molar-refractivity contribution >= 4 is 40.6 Å². The first-order valence-corrected chi connectivity index (χ1v) is 9.33. The molecule has 0 radical (unpaired) electrons. The minimum atomic E-state index is -2.01. The highest BCUT2D eigenvalue weighted by Gasteiger charge is 2.17. The fourth-order valence-corrected chi connectivity index (χ4v) is 6.09. The second-order valence-electron chi connectivity index (χ2n) is 1.82. The van der Waals surface area contributed by atoms with Crippen molar-refractivity contribution in [1.29, 1.82) is 0 Å².